The number of carbonyl (C=O) groups is 2. The fraction of sp³-hybridized carbons (Fsp3) is 0.800. The Morgan fingerprint density at radius 2 is 1.80 bits per heavy atom. The molecule has 4 N–H and O–H groups in total. The van der Waals surface area contributed by atoms with Crippen molar-refractivity contribution in [2.45, 2.75) is 44.7 Å². The number of carboxylic acids is 1. The van der Waals surface area contributed by atoms with E-state index in [0.29, 0.717) is 0 Å². The standard InChI is InChI=1S/C10H18N2O3/c1-9(2,7(11)13)12-10(3,8(14)15)6-4-5-6/h6,12H,4-5H2,1-3H3,(H2,11,13)(H,14,15). The fourth-order valence-corrected chi connectivity index (χ4v) is 1.70. The second kappa shape index (κ2) is 3.48. The monoisotopic (exact) mass is 214 g/mol. The first-order valence-electron chi connectivity index (χ1n) is 5.03. The van der Waals surface area contributed by atoms with Gasteiger partial charge in [-0.05, 0) is 39.5 Å². The smallest absolute Gasteiger partial charge is 0.323 e. The van der Waals surface area contributed by atoms with Crippen LogP contribution in [0.1, 0.15) is 33.6 Å². The summed E-state index contributed by atoms with van der Waals surface area (Å²) in [4.78, 5) is 22.3. The molecular weight excluding hydrogens is 196 g/mol. The van der Waals surface area contributed by atoms with Crippen LogP contribution in [0, 0.1) is 5.92 Å². The Morgan fingerprint density at radius 3 is 2.07 bits per heavy atom. The van der Waals surface area contributed by atoms with Gasteiger partial charge in [0.2, 0.25) is 5.91 Å². The number of hydrogen-bond acceptors (Lipinski definition) is 3. The summed E-state index contributed by atoms with van der Waals surface area (Å²) in [5.41, 5.74) is 3.14. The van der Waals surface area contributed by atoms with Crippen LogP contribution < -0.4 is 11.1 Å². The number of amides is 1. The van der Waals surface area contributed by atoms with E-state index in [1.54, 1.807) is 20.8 Å². The van der Waals surface area contributed by atoms with Crippen LogP contribution in [0.4, 0.5) is 0 Å². The maximum atomic E-state index is 11.2. The second-order valence-corrected chi connectivity index (χ2v) is 4.90. The van der Waals surface area contributed by atoms with E-state index in [9.17, 15) is 14.7 Å². The molecule has 0 spiro atoms. The second-order valence-electron chi connectivity index (χ2n) is 4.90. The third-order valence-corrected chi connectivity index (χ3v) is 3.03. The summed E-state index contributed by atoms with van der Waals surface area (Å²) in [7, 11) is 0. The first-order valence-corrected chi connectivity index (χ1v) is 5.03. The molecule has 1 fully saturated rings. The third kappa shape index (κ3) is 2.28. The van der Waals surface area contributed by atoms with Gasteiger partial charge in [0, 0.05) is 0 Å². The van der Waals surface area contributed by atoms with Crippen molar-refractivity contribution in [2.24, 2.45) is 11.7 Å². The molecule has 0 saturated heterocycles. The van der Waals surface area contributed by atoms with Crippen molar-refractivity contribution in [1.29, 1.82) is 0 Å². The topological polar surface area (TPSA) is 92.4 Å². The zero-order valence-electron chi connectivity index (χ0n) is 9.33. The molecule has 0 aromatic carbocycles. The number of rotatable bonds is 5. The number of primary amides is 1. The van der Waals surface area contributed by atoms with Crippen molar-refractivity contribution in [3.05, 3.63) is 0 Å². The summed E-state index contributed by atoms with van der Waals surface area (Å²) in [6, 6.07) is 0. The van der Waals surface area contributed by atoms with E-state index in [4.69, 9.17) is 5.73 Å². The van der Waals surface area contributed by atoms with Crippen molar-refractivity contribution >= 4 is 11.9 Å². The molecule has 86 valence electrons. The molecule has 0 radical (unpaired) electrons. The summed E-state index contributed by atoms with van der Waals surface area (Å²) >= 11 is 0. The molecule has 0 heterocycles. The van der Waals surface area contributed by atoms with Gasteiger partial charge >= 0.3 is 5.97 Å². The van der Waals surface area contributed by atoms with E-state index in [1.165, 1.54) is 0 Å². The Hall–Kier alpha value is -1.10. The molecule has 1 amide bonds. The summed E-state index contributed by atoms with van der Waals surface area (Å²) in [5.74, 6) is -1.39. The normalized spacial score (nSPS) is 20.7. The molecule has 1 aliphatic carbocycles. The van der Waals surface area contributed by atoms with Gasteiger partial charge in [-0.1, -0.05) is 0 Å². The van der Waals surface area contributed by atoms with Gasteiger partial charge in [0.1, 0.15) is 5.54 Å². The minimum atomic E-state index is -1.06. The number of nitrogens with two attached hydrogens (primary N) is 1. The van der Waals surface area contributed by atoms with Crippen molar-refractivity contribution < 1.29 is 14.7 Å². The Labute approximate surface area is 89.0 Å². The van der Waals surface area contributed by atoms with E-state index in [-0.39, 0.29) is 5.92 Å². The van der Waals surface area contributed by atoms with Crippen LogP contribution in [-0.2, 0) is 9.59 Å². The summed E-state index contributed by atoms with van der Waals surface area (Å²) in [6.45, 7) is 4.80. The van der Waals surface area contributed by atoms with Gasteiger partial charge in [0.15, 0.2) is 0 Å². The highest BCUT2D eigenvalue weighted by molar-refractivity contribution is 5.86. The van der Waals surface area contributed by atoms with E-state index in [2.05, 4.69) is 5.32 Å². The SMILES string of the molecule is CC(C)(NC(C)(C(=O)O)C1CC1)C(N)=O. The minimum absolute atomic E-state index is 0.0913. The molecule has 0 aliphatic heterocycles. The van der Waals surface area contributed by atoms with Gasteiger partial charge in [-0.25, -0.2) is 0 Å². The highest BCUT2D eigenvalue weighted by atomic mass is 16.4. The van der Waals surface area contributed by atoms with Gasteiger partial charge in [0.05, 0.1) is 5.54 Å². The zero-order chi connectivity index (χ0) is 11.9. The lowest BCUT2D eigenvalue weighted by atomic mass is 9.91. The lowest BCUT2D eigenvalue weighted by molar-refractivity contribution is -0.146. The van der Waals surface area contributed by atoms with Crippen LogP contribution in [0.15, 0.2) is 0 Å². The first kappa shape index (κ1) is 12.0. The van der Waals surface area contributed by atoms with E-state index in [0.717, 1.165) is 12.8 Å². The van der Waals surface area contributed by atoms with Crippen LogP contribution in [0.25, 0.3) is 0 Å². The van der Waals surface area contributed by atoms with Crippen LogP contribution >= 0.6 is 0 Å². The molecule has 0 aromatic heterocycles. The highest BCUT2D eigenvalue weighted by Crippen LogP contribution is 2.40. The maximum Gasteiger partial charge on any atom is 0.323 e. The largest absolute Gasteiger partial charge is 0.480 e. The number of hydrogen-bond donors (Lipinski definition) is 3. The highest BCUT2D eigenvalue weighted by Gasteiger charge is 2.50. The van der Waals surface area contributed by atoms with E-state index in [1.807, 2.05) is 0 Å². The predicted molar refractivity (Wildman–Crippen MR) is 55.2 cm³/mol. The Balaban J connectivity index is 2.84. The molecule has 5 nitrogen and oxygen atoms in total. The predicted octanol–water partition coefficient (Wildman–Crippen LogP) is 0.0932. The lowest BCUT2D eigenvalue weighted by Gasteiger charge is -2.34. The van der Waals surface area contributed by atoms with Gasteiger partial charge in [-0.15, -0.1) is 0 Å². The Kier molecular flexibility index (Phi) is 2.78. The number of carboxylic acid groups (broad SMARTS) is 1. The molecule has 1 aliphatic rings. The molecule has 1 saturated carbocycles. The van der Waals surface area contributed by atoms with Crippen molar-refractivity contribution in [1.82, 2.24) is 5.32 Å². The fourth-order valence-electron chi connectivity index (χ4n) is 1.70. The number of nitrogens with one attached hydrogen (secondary N) is 1. The molecule has 0 aromatic rings. The van der Waals surface area contributed by atoms with Gasteiger partial charge in [0.25, 0.3) is 0 Å². The Bertz CT molecular complexity index is 297. The molecule has 1 atom stereocenters. The maximum absolute atomic E-state index is 11.2. The third-order valence-electron chi connectivity index (χ3n) is 3.03. The van der Waals surface area contributed by atoms with Crippen LogP contribution in [0.5, 0.6) is 0 Å². The van der Waals surface area contributed by atoms with Gasteiger partial charge in [-0.3, -0.25) is 14.9 Å². The van der Waals surface area contributed by atoms with Gasteiger partial charge in [-0.2, -0.15) is 0 Å². The molecule has 0 bridgehead atoms. The number of carbonyl (C=O) groups excluding carboxylic acids is 1. The number of aliphatic carboxylic acids is 1. The average Bonchev–Trinajstić information content (AvgIpc) is 2.84. The molecular formula is C10H18N2O3. The first-order chi connectivity index (χ1) is 6.70. The van der Waals surface area contributed by atoms with Crippen molar-refractivity contribution in [2.75, 3.05) is 0 Å². The summed E-state index contributed by atoms with van der Waals surface area (Å²) in [6.07, 6.45) is 1.76. The molecule has 5 heteroatoms. The van der Waals surface area contributed by atoms with Crippen LogP contribution in [0.3, 0.4) is 0 Å². The zero-order valence-corrected chi connectivity index (χ0v) is 9.33. The van der Waals surface area contributed by atoms with E-state index >= 15 is 0 Å². The van der Waals surface area contributed by atoms with Crippen molar-refractivity contribution in [3.63, 3.8) is 0 Å². The van der Waals surface area contributed by atoms with Crippen LogP contribution in [0.2, 0.25) is 0 Å². The molecule has 1 unspecified atom stereocenters. The van der Waals surface area contributed by atoms with Gasteiger partial charge < -0.3 is 10.8 Å². The minimum Gasteiger partial charge on any atom is -0.480 e. The average molecular weight is 214 g/mol. The lowest BCUT2D eigenvalue weighted by Crippen LogP contribution is -2.63. The molecule has 1 rings (SSSR count). The summed E-state index contributed by atoms with van der Waals surface area (Å²) in [5, 5.41) is 12.0. The quantitative estimate of drug-likeness (QED) is 0.605. The van der Waals surface area contributed by atoms with E-state index < -0.39 is 23.0 Å². The Morgan fingerprint density at radius 1 is 1.33 bits per heavy atom. The summed E-state index contributed by atoms with van der Waals surface area (Å²) < 4.78 is 0. The molecule has 15 heavy (non-hydrogen) atoms. The van der Waals surface area contributed by atoms with Crippen LogP contribution in [-0.4, -0.2) is 28.1 Å². The van der Waals surface area contributed by atoms with Crippen molar-refractivity contribution in [3.8, 4) is 0 Å².